The van der Waals surface area contributed by atoms with E-state index in [9.17, 15) is 5.11 Å². The molecule has 1 aliphatic rings. The van der Waals surface area contributed by atoms with E-state index in [0.29, 0.717) is 18.0 Å². The highest BCUT2D eigenvalue weighted by molar-refractivity contribution is 5.57. The van der Waals surface area contributed by atoms with Gasteiger partial charge in [0.1, 0.15) is 0 Å². The van der Waals surface area contributed by atoms with Gasteiger partial charge in [-0.1, -0.05) is 18.9 Å². The molecule has 1 aliphatic carbocycles. The fraction of sp³-hybridized carbons (Fsp3) is 0.571. The van der Waals surface area contributed by atoms with Crippen LogP contribution in [0.3, 0.4) is 0 Å². The number of rotatable bonds is 4. The van der Waals surface area contributed by atoms with Crippen LogP contribution in [0.1, 0.15) is 31.2 Å². The molecule has 1 saturated carbocycles. The first-order valence-corrected chi connectivity index (χ1v) is 6.33. The molecule has 4 nitrogen and oxygen atoms in total. The van der Waals surface area contributed by atoms with Crippen molar-refractivity contribution in [2.45, 2.75) is 31.1 Å². The van der Waals surface area contributed by atoms with Crippen LogP contribution in [0.4, 0.5) is 0 Å². The molecular formula is C14H21NO3. The average molecular weight is 251 g/mol. The van der Waals surface area contributed by atoms with Crippen molar-refractivity contribution in [1.29, 1.82) is 0 Å². The van der Waals surface area contributed by atoms with Gasteiger partial charge in [0.05, 0.1) is 14.2 Å². The second-order valence-electron chi connectivity index (χ2n) is 4.89. The van der Waals surface area contributed by atoms with Crippen molar-refractivity contribution in [1.82, 2.24) is 0 Å². The average Bonchev–Trinajstić information content (AvgIpc) is 2.88. The van der Waals surface area contributed by atoms with Gasteiger partial charge >= 0.3 is 0 Å². The lowest BCUT2D eigenvalue weighted by Gasteiger charge is -2.29. The lowest BCUT2D eigenvalue weighted by molar-refractivity contribution is 0.323. The quantitative estimate of drug-likeness (QED) is 0.861. The maximum absolute atomic E-state index is 10.4. The van der Waals surface area contributed by atoms with E-state index in [0.717, 1.165) is 31.2 Å². The summed E-state index contributed by atoms with van der Waals surface area (Å²) in [6, 6.07) is 3.75. The standard InChI is InChI=1S/C14H21NO3/c1-17-11-6-5-10(12(16)13(11)18-2)14(9-15)7-3-4-8-14/h5-6,16H,3-4,7-9,15H2,1-2H3. The number of hydrogen-bond acceptors (Lipinski definition) is 4. The van der Waals surface area contributed by atoms with Gasteiger partial charge in [0.2, 0.25) is 5.75 Å². The fourth-order valence-electron chi connectivity index (χ4n) is 2.97. The van der Waals surface area contributed by atoms with Gasteiger partial charge in [-0.15, -0.1) is 0 Å². The van der Waals surface area contributed by atoms with Crippen molar-refractivity contribution in [2.24, 2.45) is 5.73 Å². The molecule has 3 N–H and O–H groups in total. The summed E-state index contributed by atoms with van der Waals surface area (Å²) in [5, 5.41) is 10.4. The third-order valence-corrected chi connectivity index (χ3v) is 4.04. The summed E-state index contributed by atoms with van der Waals surface area (Å²) >= 11 is 0. The lowest BCUT2D eigenvalue weighted by Crippen LogP contribution is -2.32. The Morgan fingerprint density at radius 2 is 1.89 bits per heavy atom. The smallest absolute Gasteiger partial charge is 0.203 e. The van der Waals surface area contributed by atoms with E-state index in [2.05, 4.69) is 0 Å². The molecule has 0 saturated heterocycles. The molecule has 0 spiro atoms. The Labute approximate surface area is 108 Å². The van der Waals surface area contributed by atoms with E-state index >= 15 is 0 Å². The third-order valence-electron chi connectivity index (χ3n) is 4.04. The van der Waals surface area contributed by atoms with Crippen molar-refractivity contribution in [2.75, 3.05) is 20.8 Å². The number of hydrogen-bond donors (Lipinski definition) is 2. The van der Waals surface area contributed by atoms with Crippen molar-refractivity contribution in [3.63, 3.8) is 0 Å². The van der Waals surface area contributed by atoms with Gasteiger partial charge in [0, 0.05) is 17.5 Å². The number of ether oxygens (including phenoxy) is 2. The maximum atomic E-state index is 10.4. The molecular weight excluding hydrogens is 230 g/mol. The predicted octanol–water partition coefficient (Wildman–Crippen LogP) is 2.18. The van der Waals surface area contributed by atoms with Crippen LogP contribution < -0.4 is 15.2 Å². The molecule has 0 amide bonds. The Hall–Kier alpha value is -1.42. The van der Waals surface area contributed by atoms with Crippen molar-refractivity contribution in [3.8, 4) is 17.2 Å². The zero-order chi connectivity index (χ0) is 13.2. The largest absolute Gasteiger partial charge is 0.504 e. The summed E-state index contributed by atoms with van der Waals surface area (Å²) in [4.78, 5) is 0. The Morgan fingerprint density at radius 1 is 1.22 bits per heavy atom. The third kappa shape index (κ3) is 1.90. The summed E-state index contributed by atoms with van der Waals surface area (Å²) < 4.78 is 10.4. The van der Waals surface area contributed by atoms with E-state index in [4.69, 9.17) is 15.2 Å². The molecule has 0 unspecified atom stereocenters. The monoisotopic (exact) mass is 251 g/mol. The van der Waals surface area contributed by atoms with Crippen molar-refractivity contribution >= 4 is 0 Å². The normalized spacial score (nSPS) is 17.7. The number of phenolic OH excluding ortho intramolecular Hbond substituents is 1. The van der Waals surface area contributed by atoms with Gasteiger partial charge in [-0.25, -0.2) is 0 Å². The van der Waals surface area contributed by atoms with Crippen LogP contribution in [0.5, 0.6) is 17.2 Å². The first-order chi connectivity index (χ1) is 8.68. The topological polar surface area (TPSA) is 64.7 Å². The first kappa shape index (κ1) is 13.0. The Morgan fingerprint density at radius 3 is 2.39 bits per heavy atom. The van der Waals surface area contributed by atoms with Crippen LogP contribution in [0, 0.1) is 0 Å². The van der Waals surface area contributed by atoms with Crippen molar-refractivity contribution in [3.05, 3.63) is 17.7 Å². The second kappa shape index (κ2) is 5.06. The summed E-state index contributed by atoms with van der Waals surface area (Å²) in [5.74, 6) is 1.11. The maximum Gasteiger partial charge on any atom is 0.203 e. The molecule has 100 valence electrons. The fourth-order valence-corrected chi connectivity index (χ4v) is 2.97. The minimum Gasteiger partial charge on any atom is -0.504 e. The Kier molecular flexibility index (Phi) is 3.66. The molecule has 0 aromatic heterocycles. The zero-order valence-electron chi connectivity index (χ0n) is 11.0. The minimum atomic E-state index is -0.108. The van der Waals surface area contributed by atoms with Crippen LogP contribution in [0.2, 0.25) is 0 Å². The highest BCUT2D eigenvalue weighted by Crippen LogP contribution is 2.49. The molecule has 0 atom stereocenters. The molecule has 0 heterocycles. The van der Waals surface area contributed by atoms with Crippen LogP contribution in [-0.2, 0) is 5.41 Å². The van der Waals surface area contributed by atoms with Gasteiger partial charge in [-0.2, -0.15) is 0 Å². The van der Waals surface area contributed by atoms with Gasteiger partial charge < -0.3 is 20.3 Å². The van der Waals surface area contributed by atoms with E-state index < -0.39 is 0 Å². The molecule has 4 heteroatoms. The molecule has 1 fully saturated rings. The molecule has 0 radical (unpaired) electrons. The molecule has 1 aromatic rings. The van der Waals surface area contributed by atoms with Crippen LogP contribution in [0.25, 0.3) is 0 Å². The molecule has 0 aliphatic heterocycles. The Balaban J connectivity index is 2.51. The summed E-state index contributed by atoms with van der Waals surface area (Å²) in [6.07, 6.45) is 4.36. The molecule has 18 heavy (non-hydrogen) atoms. The molecule has 0 bridgehead atoms. The van der Waals surface area contributed by atoms with Gasteiger partial charge in [-0.3, -0.25) is 0 Å². The number of phenols is 1. The summed E-state index contributed by atoms with van der Waals surface area (Å²) in [7, 11) is 3.09. The van der Waals surface area contributed by atoms with Gasteiger partial charge in [-0.05, 0) is 18.9 Å². The Bertz CT molecular complexity index is 425. The first-order valence-electron chi connectivity index (χ1n) is 6.33. The zero-order valence-corrected chi connectivity index (χ0v) is 11.0. The highest BCUT2D eigenvalue weighted by Gasteiger charge is 2.37. The van der Waals surface area contributed by atoms with E-state index in [-0.39, 0.29) is 11.2 Å². The lowest BCUT2D eigenvalue weighted by atomic mass is 9.78. The molecule has 1 aromatic carbocycles. The van der Waals surface area contributed by atoms with Crippen LogP contribution >= 0.6 is 0 Å². The second-order valence-corrected chi connectivity index (χ2v) is 4.89. The van der Waals surface area contributed by atoms with E-state index in [1.54, 1.807) is 7.11 Å². The SMILES string of the molecule is COc1ccc(C2(CN)CCCC2)c(O)c1OC. The summed E-state index contributed by atoms with van der Waals surface area (Å²) in [5.41, 5.74) is 6.73. The predicted molar refractivity (Wildman–Crippen MR) is 70.4 cm³/mol. The van der Waals surface area contributed by atoms with E-state index in [1.807, 2.05) is 12.1 Å². The summed E-state index contributed by atoms with van der Waals surface area (Å²) in [6.45, 7) is 0.552. The van der Waals surface area contributed by atoms with Crippen LogP contribution in [-0.4, -0.2) is 25.9 Å². The number of benzene rings is 1. The van der Waals surface area contributed by atoms with Gasteiger partial charge in [0.15, 0.2) is 11.5 Å². The highest BCUT2D eigenvalue weighted by atomic mass is 16.5. The molecule has 2 rings (SSSR count). The minimum absolute atomic E-state index is 0.108. The van der Waals surface area contributed by atoms with Crippen LogP contribution in [0.15, 0.2) is 12.1 Å². The number of aromatic hydroxyl groups is 1. The van der Waals surface area contributed by atoms with Gasteiger partial charge in [0.25, 0.3) is 0 Å². The number of nitrogens with two attached hydrogens (primary N) is 1. The van der Waals surface area contributed by atoms with Crippen molar-refractivity contribution < 1.29 is 14.6 Å². The number of methoxy groups -OCH3 is 2. The van der Waals surface area contributed by atoms with E-state index in [1.165, 1.54) is 7.11 Å².